The van der Waals surface area contributed by atoms with Crippen molar-refractivity contribution in [2.75, 3.05) is 16.3 Å². The molecule has 0 unspecified atom stereocenters. The number of thiophene rings is 1. The van der Waals surface area contributed by atoms with Crippen LogP contribution in [0, 0.1) is 11.6 Å². The number of sulfonamides is 1. The number of benzene rings is 2. The second kappa shape index (κ2) is 8.45. The largest absolute Gasteiger partial charge is 0.306 e. The van der Waals surface area contributed by atoms with Gasteiger partial charge in [-0.1, -0.05) is 11.6 Å². The maximum atomic E-state index is 14.1. The third-order valence-electron chi connectivity index (χ3n) is 4.32. The Morgan fingerprint density at radius 1 is 1.06 bits per heavy atom. The molecule has 0 radical (unpaired) electrons. The molecule has 1 amide bonds. The molecule has 0 fully saturated rings. The zero-order valence-electron chi connectivity index (χ0n) is 16.3. The number of hydrogen-bond acceptors (Lipinski definition) is 5. The van der Waals surface area contributed by atoms with Crippen LogP contribution in [0.2, 0.25) is 5.15 Å². The van der Waals surface area contributed by atoms with Gasteiger partial charge >= 0.3 is 0 Å². The molecule has 2 aromatic carbocycles. The summed E-state index contributed by atoms with van der Waals surface area (Å²) in [5.41, 5.74) is 0.817. The molecule has 0 aliphatic heterocycles. The maximum absolute atomic E-state index is 14.1. The Hall–Kier alpha value is -3.08. The van der Waals surface area contributed by atoms with Gasteiger partial charge in [-0.05, 0) is 59.5 Å². The third-order valence-corrected chi connectivity index (χ3v) is 6.24. The third kappa shape index (κ3) is 5.04. The Labute approximate surface area is 190 Å². The van der Waals surface area contributed by atoms with E-state index in [1.54, 1.807) is 24.3 Å². The Morgan fingerprint density at radius 3 is 2.56 bits per heavy atom. The number of pyridine rings is 1. The number of nitrogens with zero attached hydrogens (tertiary/aromatic N) is 1. The van der Waals surface area contributed by atoms with Crippen LogP contribution in [-0.2, 0) is 10.0 Å². The van der Waals surface area contributed by atoms with Gasteiger partial charge < -0.3 is 5.32 Å². The molecular weight excluding hydrogens is 480 g/mol. The molecule has 0 aliphatic carbocycles. The highest BCUT2D eigenvalue weighted by molar-refractivity contribution is 7.92. The van der Waals surface area contributed by atoms with Crippen molar-refractivity contribution in [1.82, 2.24) is 4.98 Å². The van der Waals surface area contributed by atoms with Gasteiger partial charge in [-0.2, -0.15) is 0 Å². The molecule has 164 valence electrons. The molecular formula is C21H14ClF2N3O3S2. The second-order valence-corrected chi connectivity index (χ2v) is 10.1. The van der Waals surface area contributed by atoms with Crippen molar-refractivity contribution < 1.29 is 22.0 Å². The number of hydrogen-bond donors (Lipinski definition) is 2. The highest BCUT2D eigenvalue weighted by atomic mass is 35.5. The standard InChI is InChI=1S/C21H14ClF2N3O3S2/c1-32(29,30)27-14-3-5-17-12(6-14)7-18(31-17)21(28)26-20-9-11(8-19(22)25-20)15-4-2-13(23)10-16(15)24/h2-10,27H,1H3,(H,25,26,28). The van der Waals surface area contributed by atoms with Crippen LogP contribution in [0.3, 0.4) is 0 Å². The van der Waals surface area contributed by atoms with Gasteiger partial charge in [-0.25, -0.2) is 22.2 Å². The SMILES string of the molecule is CS(=O)(=O)Nc1ccc2sc(C(=O)Nc3cc(-c4ccc(F)cc4F)cc(Cl)n3)cc2c1. The van der Waals surface area contributed by atoms with Crippen molar-refractivity contribution in [2.45, 2.75) is 0 Å². The lowest BCUT2D eigenvalue weighted by atomic mass is 10.1. The second-order valence-electron chi connectivity index (χ2n) is 6.88. The fraction of sp³-hybridized carbons (Fsp3) is 0.0476. The van der Waals surface area contributed by atoms with E-state index in [-0.39, 0.29) is 16.5 Å². The number of anilines is 2. The topological polar surface area (TPSA) is 88.2 Å². The highest BCUT2D eigenvalue weighted by Crippen LogP contribution is 2.31. The predicted molar refractivity (Wildman–Crippen MR) is 123 cm³/mol. The van der Waals surface area contributed by atoms with E-state index in [4.69, 9.17) is 11.6 Å². The fourth-order valence-corrected chi connectivity index (χ4v) is 4.75. The molecule has 2 aromatic heterocycles. The quantitative estimate of drug-likeness (QED) is 0.358. The number of carbonyl (C=O) groups excluding carboxylic acids is 1. The minimum Gasteiger partial charge on any atom is -0.306 e. The van der Waals surface area contributed by atoms with Crippen LogP contribution in [0.25, 0.3) is 21.2 Å². The van der Waals surface area contributed by atoms with Crippen molar-refractivity contribution in [3.63, 3.8) is 0 Å². The number of carbonyl (C=O) groups is 1. The van der Waals surface area contributed by atoms with Gasteiger partial charge in [-0.15, -0.1) is 11.3 Å². The average molecular weight is 494 g/mol. The molecule has 4 aromatic rings. The Kier molecular flexibility index (Phi) is 5.85. The van der Waals surface area contributed by atoms with E-state index in [1.807, 2.05) is 0 Å². The molecule has 4 rings (SSSR count). The Morgan fingerprint density at radius 2 is 1.84 bits per heavy atom. The van der Waals surface area contributed by atoms with Crippen molar-refractivity contribution >= 4 is 60.5 Å². The molecule has 0 atom stereocenters. The number of aromatic nitrogens is 1. The monoisotopic (exact) mass is 493 g/mol. The van der Waals surface area contributed by atoms with Crippen LogP contribution in [0.1, 0.15) is 9.67 Å². The van der Waals surface area contributed by atoms with Crippen LogP contribution in [0.4, 0.5) is 20.3 Å². The number of rotatable bonds is 5. The van der Waals surface area contributed by atoms with Gasteiger partial charge in [0, 0.05) is 22.0 Å². The molecule has 0 bridgehead atoms. The van der Waals surface area contributed by atoms with Gasteiger partial charge in [0.25, 0.3) is 5.91 Å². The number of nitrogens with one attached hydrogen (secondary N) is 2. The summed E-state index contributed by atoms with van der Waals surface area (Å²) in [6, 6.07) is 12.5. The summed E-state index contributed by atoms with van der Waals surface area (Å²) < 4.78 is 53.4. The molecule has 0 spiro atoms. The normalized spacial score (nSPS) is 11.5. The van der Waals surface area contributed by atoms with Crippen LogP contribution >= 0.6 is 22.9 Å². The van der Waals surface area contributed by atoms with E-state index in [1.165, 1.54) is 29.5 Å². The van der Waals surface area contributed by atoms with Gasteiger partial charge in [0.1, 0.15) is 22.6 Å². The molecule has 0 saturated heterocycles. The van der Waals surface area contributed by atoms with E-state index < -0.39 is 27.6 Å². The summed E-state index contributed by atoms with van der Waals surface area (Å²) in [5, 5.41) is 3.33. The summed E-state index contributed by atoms with van der Waals surface area (Å²) >= 11 is 7.24. The van der Waals surface area contributed by atoms with E-state index in [0.717, 1.165) is 23.1 Å². The van der Waals surface area contributed by atoms with E-state index in [2.05, 4.69) is 15.0 Å². The highest BCUT2D eigenvalue weighted by Gasteiger charge is 2.15. The van der Waals surface area contributed by atoms with Crippen molar-refractivity contribution in [3.8, 4) is 11.1 Å². The summed E-state index contributed by atoms with van der Waals surface area (Å²) in [6.45, 7) is 0. The predicted octanol–water partition coefficient (Wildman–Crippen LogP) is 5.52. The van der Waals surface area contributed by atoms with Crippen LogP contribution in [-0.4, -0.2) is 25.6 Å². The lowest BCUT2D eigenvalue weighted by Gasteiger charge is -2.08. The van der Waals surface area contributed by atoms with Crippen molar-refractivity contribution in [3.05, 3.63) is 76.3 Å². The zero-order valence-corrected chi connectivity index (χ0v) is 18.7. The van der Waals surface area contributed by atoms with Crippen LogP contribution in [0.15, 0.2) is 54.6 Å². The first-order valence-electron chi connectivity index (χ1n) is 9.03. The number of amides is 1. The van der Waals surface area contributed by atoms with Gasteiger partial charge in [0.2, 0.25) is 10.0 Å². The minimum absolute atomic E-state index is 0.0226. The maximum Gasteiger partial charge on any atom is 0.266 e. The number of fused-ring (bicyclic) bond motifs is 1. The molecule has 2 N–H and O–H groups in total. The van der Waals surface area contributed by atoms with Crippen LogP contribution < -0.4 is 10.0 Å². The summed E-state index contributed by atoms with van der Waals surface area (Å²) in [7, 11) is -3.43. The smallest absolute Gasteiger partial charge is 0.266 e. The molecule has 32 heavy (non-hydrogen) atoms. The number of halogens is 3. The zero-order chi connectivity index (χ0) is 23.0. The van der Waals surface area contributed by atoms with Gasteiger partial charge in [-0.3, -0.25) is 9.52 Å². The lowest BCUT2D eigenvalue weighted by Crippen LogP contribution is -2.11. The molecule has 0 saturated carbocycles. The van der Waals surface area contributed by atoms with Gasteiger partial charge in [0.05, 0.1) is 11.1 Å². The average Bonchev–Trinajstić information content (AvgIpc) is 3.09. The minimum atomic E-state index is -3.43. The van der Waals surface area contributed by atoms with Crippen molar-refractivity contribution in [2.24, 2.45) is 0 Å². The molecule has 6 nitrogen and oxygen atoms in total. The van der Waals surface area contributed by atoms with E-state index in [9.17, 15) is 22.0 Å². The lowest BCUT2D eigenvalue weighted by molar-refractivity contribution is 0.103. The Balaban J connectivity index is 1.61. The summed E-state index contributed by atoms with van der Waals surface area (Å²) in [4.78, 5) is 17.1. The first kappa shape index (κ1) is 22.1. The fourth-order valence-electron chi connectivity index (χ4n) is 3.05. The molecule has 0 aliphatic rings. The first-order chi connectivity index (χ1) is 15.1. The summed E-state index contributed by atoms with van der Waals surface area (Å²) in [5.74, 6) is -1.85. The summed E-state index contributed by atoms with van der Waals surface area (Å²) in [6.07, 6.45) is 1.05. The van der Waals surface area contributed by atoms with Crippen molar-refractivity contribution in [1.29, 1.82) is 0 Å². The first-order valence-corrected chi connectivity index (χ1v) is 12.1. The Bertz CT molecular complexity index is 1470. The molecule has 11 heteroatoms. The van der Waals surface area contributed by atoms with Crippen LogP contribution in [0.5, 0.6) is 0 Å². The van der Waals surface area contributed by atoms with E-state index in [0.29, 0.717) is 21.5 Å². The van der Waals surface area contributed by atoms with E-state index >= 15 is 0 Å². The van der Waals surface area contributed by atoms with Gasteiger partial charge in [0.15, 0.2) is 0 Å². The molecule has 2 heterocycles.